The first kappa shape index (κ1) is 22.8. The van der Waals surface area contributed by atoms with Crippen LogP contribution < -0.4 is 4.90 Å². The number of carbonyl (C=O) groups is 1. The first-order chi connectivity index (χ1) is 15.0. The third-order valence-electron chi connectivity index (χ3n) is 6.63. The van der Waals surface area contributed by atoms with E-state index in [1.807, 2.05) is 0 Å². The fourth-order valence-electron chi connectivity index (χ4n) is 4.75. The number of anilines is 1. The van der Waals surface area contributed by atoms with Gasteiger partial charge in [0, 0.05) is 25.3 Å². The van der Waals surface area contributed by atoms with Gasteiger partial charge in [-0.2, -0.15) is 17.5 Å². The number of halogens is 3. The van der Waals surface area contributed by atoms with Gasteiger partial charge in [0.2, 0.25) is 15.9 Å². The number of piperidine rings is 2. The Morgan fingerprint density at radius 2 is 1.53 bits per heavy atom. The molecule has 2 saturated heterocycles. The average Bonchev–Trinajstić information content (AvgIpc) is 2.76. The molecule has 0 bridgehead atoms. The number of nitrogens with zero attached hydrogens (tertiary/aromatic N) is 2. The van der Waals surface area contributed by atoms with Gasteiger partial charge in [-0.15, -0.1) is 0 Å². The summed E-state index contributed by atoms with van der Waals surface area (Å²) < 4.78 is 66.2. The number of carbonyl (C=O) groups excluding carboxylic acids is 1. The van der Waals surface area contributed by atoms with Crippen molar-refractivity contribution >= 4 is 21.6 Å². The van der Waals surface area contributed by atoms with E-state index in [1.54, 1.807) is 36.1 Å². The maximum absolute atomic E-state index is 13.4. The van der Waals surface area contributed by atoms with Crippen molar-refractivity contribution in [3.05, 3.63) is 59.7 Å². The molecule has 0 radical (unpaired) electrons. The van der Waals surface area contributed by atoms with Crippen molar-refractivity contribution in [3.63, 3.8) is 0 Å². The molecule has 2 heterocycles. The summed E-state index contributed by atoms with van der Waals surface area (Å²) in [6.07, 6.45) is -2.26. The molecule has 2 aromatic rings. The van der Waals surface area contributed by atoms with Gasteiger partial charge in [-0.3, -0.25) is 4.79 Å². The third-order valence-corrected chi connectivity index (χ3v) is 8.69. The highest BCUT2D eigenvalue weighted by molar-refractivity contribution is 7.89. The molecule has 0 saturated carbocycles. The van der Waals surface area contributed by atoms with Gasteiger partial charge in [0.05, 0.1) is 15.9 Å². The van der Waals surface area contributed by atoms with E-state index in [1.165, 1.54) is 16.4 Å². The van der Waals surface area contributed by atoms with E-state index in [2.05, 4.69) is 0 Å². The third kappa shape index (κ3) is 4.03. The Bertz CT molecular complexity index is 1110. The molecule has 2 aliphatic rings. The molecule has 2 aromatic carbocycles. The molecule has 0 unspecified atom stereocenters. The fraction of sp³-hybridized carbons (Fsp3) is 0.435. The predicted octanol–water partition coefficient (Wildman–Crippen LogP) is 4.61. The Labute approximate surface area is 185 Å². The van der Waals surface area contributed by atoms with Gasteiger partial charge in [-0.25, -0.2) is 8.42 Å². The van der Waals surface area contributed by atoms with Crippen molar-refractivity contribution in [2.24, 2.45) is 5.41 Å². The average molecular weight is 467 g/mol. The largest absolute Gasteiger partial charge is 0.416 e. The van der Waals surface area contributed by atoms with E-state index < -0.39 is 27.2 Å². The van der Waals surface area contributed by atoms with Gasteiger partial charge < -0.3 is 4.90 Å². The zero-order chi connectivity index (χ0) is 23.1. The Hall–Kier alpha value is -2.39. The van der Waals surface area contributed by atoms with E-state index in [4.69, 9.17) is 0 Å². The quantitative estimate of drug-likeness (QED) is 0.664. The minimum absolute atomic E-state index is 0.128. The highest BCUT2D eigenvalue weighted by atomic mass is 32.2. The van der Waals surface area contributed by atoms with Gasteiger partial charge in [0.1, 0.15) is 0 Å². The Morgan fingerprint density at radius 3 is 2.12 bits per heavy atom. The van der Waals surface area contributed by atoms with Crippen molar-refractivity contribution in [1.82, 2.24) is 4.31 Å². The molecule has 0 aromatic heterocycles. The van der Waals surface area contributed by atoms with Crippen molar-refractivity contribution in [3.8, 4) is 0 Å². The van der Waals surface area contributed by atoms with Crippen molar-refractivity contribution in [1.29, 1.82) is 0 Å². The zero-order valence-corrected chi connectivity index (χ0v) is 18.5. The highest BCUT2D eigenvalue weighted by Gasteiger charge is 2.47. The summed E-state index contributed by atoms with van der Waals surface area (Å²) in [5, 5.41) is 0. The second-order valence-corrected chi connectivity index (χ2v) is 10.5. The molecule has 4 rings (SSSR count). The number of alkyl halides is 3. The summed E-state index contributed by atoms with van der Waals surface area (Å²) in [5.41, 5.74) is -0.319. The minimum Gasteiger partial charge on any atom is -0.312 e. The predicted molar refractivity (Wildman–Crippen MR) is 115 cm³/mol. The monoisotopic (exact) mass is 466 g/mol. The van der Waals surface area contributed by atoms with E-state index >= 15 is 0 Å². The van der Waals surface area contributed by atoms with Gasteiger partial charge >= 0.3 is 6.18 Å². The summed E-state index contributed by atoms with van der Waals surface area (Å²) in [7, 11) is -3.65. The molecule has 172 valence electrons. The first-order valence-electron chi connectivity index (χ1n) is 10.6. The second kappa shape index (κ2) is 8.19. The van der Waals surface area contributed by atoms with Crippen molar-refractivity contribution < 1.29 is 26.4 Å². The van der Waals surface area contributed by atoms with Crippen LogP contribution in [0.4, 0.5) is 18.9 Å². The zero-order valence-electron chi connectivity index (χ0n) is 17.7. The maximum atomic E-state index is 13.4. The molecule has 9 heteroatoms. The van der Waals surface area contributed by atoms with Crippen LogP contribution in [0.2, 0.25) is 0 Å². The molecule has 0 aliphatic carbocycles. The van der Waals surface area contributed by atoms with Crippen LogP contribution in [0.25, 0.3) is 0 Å². The van der Waals surface area contributed by atoms with Crippen LogP contribution in [0.3, 0.4) is 0 Å². The number of hydrogen-bond acceptors (Lipinski definition) is 3. The van der Waals surface area contributed by atoms with Crippen molar-refractivity contribution in [2.75, 3.05) is 24.5 Å². The lowest BCUT2D eigenvalue weighted by atomic mass is 9.72. The summed E-state index contributed by atoms with van der Waals surface area (Å²) >= 11 is 0. The number of sulfonamides is 1. The molecule has 1 amide bonds. The lowest BCUT2D eigenvalue weighted by Crippen LogP contribution is -2.54. The van der Waals surface area contributed by atoms with E-state index in [-0.39, 0.29) is 23.9 Å². The molecule has 2 fully saturated rings. The number of amides is 1. The SMILES string of the molecule is Cc1ccccc1S(=O)(=O)N1CCC2(CCCN(c3ccc(C(F)(F)F)cc3)C2=O)CC1. The standard InChI is InChI=1S/C23H25F3N2O3S/c1-17-5-2-3-6-20(17)32(30,31)27-15-12-22(13-16-27)11-4-14-28(21(22)29)19-9-7-18(8-10-19)23(24,25)26/h2-3,5-10H,4,11-16H2,1H3. The Balaban J connectivity index is 1.51. The Morgan fingerprint density at radius 1 is 0.906 bits per heavy atom. The molecule has 5 nitrogen and oxygen atoms in total. The van der Waals surface area contributed by atoms with Gasteiger partial charge in [-0.1, -0.05) is 18.2 Å². The summed E-state index contributed by atoms with van der Waals surface area (Å²) in [6, 6.07) is 11.5. The molecule has 1 spiro atoms. The van der Waals surface area contributed by atoms with Crippen LogP contribution in [0.15, 0.2) is 53.4 Å². The first-order valence-corrected chi connectivity index (χ1v) is 12.0. The van der Waals surface area contributed by atoms with Crippen LogP contribution >= 0.6 is 0 Å². The summed E-state index contributed by atoms with van der Waals surface area (Å²) in [4.78, 5) is 15.2. The molecular weight excluding hydrogens is 441 g/mol. The van der Waals surface area contributed by atoms with E-state index in [9.17, 15) is 26.4 Å². The van der Waals surface area contributed by atoms with Gasteiger partial charge in [-0.05, 0) is 68.5 Å². The van der Waals surface area contributed by atoms with Crippen LogP contribution in [0.1, 0.15) is 36.8 Å². The topological polar surface area (TPSA) is 57.7 Å². The van der Waals surface area contributed by atoms with Crippen LogP contribution in [0, 0.1) is 12.3 Å². The second-order valence-electron chi connectivity index (χ2n) is 8.55. The highest BCUT2D eigenvalue weighted by Crippen LogP contribution is 2.43. The Kier molecular flexibility index (Phi) is 5.83. The van der Waals surface area contributed by atoms with Gasteiger partial charge in [0.15, 0.2) is 0 Å². The summed E-state index contributed by atoms with van der Waals surface area (Å²) in [6.45, 7) is 2.68. The fourth-order valence-corrected chi connectivity index (χ4v) is 6.42. The molecule has 0 atom stereocenters. The normalized spacial score (nSPS) is 20.0. The van der Waals surface area contributed by atoms with Crippen LogP contribution in [0.5, 0.6) is 0 Å². The minimum atomic E-state index is -4.43. The van der Waals surface area contributed by atoms with Gasteiger partial charge in [0.25, 0.3) is 0 Å². The number of benzene rings is 2. The summed E-state index contributed by atoms with van der Waals surface area (Å²) in [5.74, 6) is -0.128. The molecule has 2 aliphatic heterocycles. The number of hydrogen-bond donors (Lipinski definition) is 0. The smallest absolute Gasteiger partial charge is 0.312 e. The van der Waals surface area contributed by atoms with Crippen LogP contribution in [-0.4, -0.2) is 38.3 Å². The lowest BCUT2D eigenvalue weighted by Gasteiger charge is -2.46. The number of aryl methyl sites for hydroxylation is 1. The van der Waals surface area contributed by atoms with E-state index in [0.717, 1.165) is 18.6 Å². The molecule has 32 heavy (non-hydrogen) atoms. The van der Waals surface area contributed by atoms with Crippen molar-refractivity contribution in [2.45, 2.75) is 43.7 Å². The number of rotatable bonds is 3. The lowest BCUT2D eigenvalue weighted by molar-refractivity contribution is -0.137. The maximum Gasteiger partial charge on any atom is 0.416 e. The molecule has 0 N–H and O–H groups in total. The molecular formula is C23H25F3N2O3S. The van der Waals surface area contributed by atoms with Crippen LogP contribution in [-0.2, 0) is 21.0 Å². The van der Waals surface area contributed by atoms with E-state index in [0.29, 0.717) is 37.1 Å².